The Labute approximate surface area is 97.8 Å². The van der Waals surface area contributed by atoms with Crippen molar-refractivity contribution >= 4 is 27.7 Å². The van der Waals surface area contributed by atoms with Gasteiger partial charge in [0.25, 0.3) is 0 Å². The number of pyridine rings is 1. The molecule has 14 heavy (non-hydrogen) atoms. The van der Waals surface area contributed by atoms with Crippen molar-refractivity contribution in [1.29, 1.82) is 0 Å². The summed E-state index contributed by atoms with van der Waals surface area (Å²) in [7, 11) is 0. The topological polar surface area (TPSA) is 38.9 Å². The molecule has 0 saturated heterocycles. The molecule has 1 aromatic heterocycles. The van der Waals surface area contributed by atoms with E-state index in [1.54, 1.807) is 11.8 Å². The third-order valence-corrected chi connectivity index (χ3v) is 3.27. The number of halogens is 1. The van der Waals surface area contributed by atoms with Crippen LogP contribution in [0.2, 0.25) is 0 Å². The van der Waals surface area contributed by atoms with Gasteiger partial charge < -0.3 is 5.73 Å². The first kappa shape index (κ1) is 12.0. The minimum Gasteiger partial charge on any atom is -0.328 e. The molecule has 1 aromatic rings. The Bertz CT molecular complexity index is 274. The van der Waals surface area contributed by atoms with Crippen LogP contribution >= 0.6 is 27.7 Å². The van der Waals surface area contributed by atoms with Crippen LogP contribution in [0.4, 0.5) is 0 Å². The predicted molar refractivity (Wildman–Crippen MR) is 65.5 cm³/mol. The third kappa shape index (κ3) is 4.44. The van der Waals surface area contributed by atoms with Crippen LogP contribution in [0.1, 0.15) is 20.3 Å². The molecule has 2 nitrogen and oxygen atoms in total. The third-order valence-electron chi connectivity index (χ3n) is 1.73. The summed E-state index contributed by atoms with van der Waals surface area (Å²) in [4.78, 5) is 4.30. The number of hydrogen-bond acceptors (Lipinski definition) is 3. The molecule has 2 unspecified atom stereocenters. The first-order valence-corrected chi connectivity index (χ1v) is 6.29. The molecule has 1 rings (SSSR count). The quantitative estimate of drug-likeness (QED) is 0.858. The highest BCUT2D eigenvalue weighted by atomic mass is 79.9. The van der Waals surface area contributed by atoms with Crippen LogP contribution in [-0.2, 0) is 0 Å². The Morgan fingerprint density at radius 1 is 1.50 bits per heavy atom. The lowest BCUT2D eigenvalue weighted by atomic mass is 10.2. The van der Waals surface area contributed by atoms with Crippen LogP contribution < -0.4 is 5.73 Å². The van der Waals surface area contributed by atoms with Crippen molar-refractivity contribution in [2.45, 2.75) is 36.6 Å². The number of nitrogens with zero attached hydrogens (tertiary/aromatic N) is 1. The molecule has 0 aliphatic carbocycles. The second-order valence-corrected chi connectivity index (χ2v) is 5.83. The molecular formula is C10H15BrN2S. The van der Waals surface area contributed by atoms with E-state index in [1.165, 1.54) is 0 Å². The Balaban J connectivity index is 2.47. The highest BCUT2D eigenvalue weighted by Crippen LogP contribution is 2.24. The van der Waals surface area contributed by atoms with Gasteiger partial charge in [0.1, 0.15) is 0 Å². The van der Waals surface area contributed by atoms with E-state index in [1.807, 2.05) is 25.3 Å². The zero-order valence-electron chi connectivity index (χ0n) is 8.40. The second-order valence-electron chi connectivity index (χ2n) is 3.46. The molecule has 0 aromatic carbocycles. The van der Waals surface area contributed by atoms with Gasteiger partial charge in [-0.1, -0.05) is 6.92 Å². The SMILES string of the molecule is CC(N)CC(C)Sc1ccc(Br)cn1. The Kier molecular flexibility index (Phi) is 4.92. The molecule has 0 radical (unpaired) electrons. The van der Waals surface area contributed by atoms with Gasteiger partial charge in [0, 0.05) is 22.0 Å². The molecule has 0 fully saturated rings. The van der Waals surface area contributed by atoms with E-state index >= 15 is 0 Å². The van der Waals surface area contributed by atoms with Crippen molar-refractivity contribution in [1.82, 2.24) is 4.98 Å². The van der Waals surface area contributed by atoms with Gasteiger partial charge >= 0.3 is 0 Å². The molecule has 0 amide bonds. The van der Waals surface area contributed by atoms with Gasteiger partial charge in [0.15, 0.2) is 0 Å². The molecule has 2 atom stereocenters. The van der Waals surface area contributed by atoms with E-state index in [2.05, 4.69) is 27.8 Å². The lowest BCUT2D eigenvalue weighted by Crippen LogP contribution is -2.19. The average molecular weight is 275 g/mol. The monoisotopic (exact) mass is 274 g/mol. The average Bonchev–Trinajstić information content (AvgIpc) is 2.07. The first-order chi connectivity index (χ1) is 6.58. The maximum absolute atomic E-state index is 5.73. The normalized spacial score (nSPS) is 15.1. The van der Waals surface area contributed by atoms with Crippen molar-refractivity contribution < 1.29 is 0 Å². The second kappa shape index (κ2) is 5.73. The van der Waals surface area contributed by atoms with Gasteiger partial charge in [-0.15, -0.1) is 11.8 Å². The highest BCUT2D eigenvalue weighted by Gasteiger charge is 2.07. The summed E-state index contributed by atoms with van der Waals surface area (Å²) in [6, 6.07) is 4.29. The minimum absolute atomic E-state index is 0.257. The molecule has 1 heterocycles. The smallest absolute Gasteiger partial charge is 0.0963 e. The molecule has 0 bridgehead atoms. The predicted octanol–water partition coefficient (Wildman–Crippen LogP) is 3.06. The van der Waals surface area contributed by atoms with Crippen LogP contribution in [0.5, 0.6) is 0 Å². The molecule has 0 spiro atoms. The summed E-state index contributed by atoms with van der Waals surface area (Å²) in [5, 5.41) is 1.57. The van der Waals surface area contributed by atoms with Gasteiger partial charge in [0.2, 0.25) is 0 Å². The Morgan fingerprint density at radius 2 is 2.21 bits per heavy atom. The van der Waals surface area contributed by atoms with Crippen LogP contribution in [0.3, 0.4) is 0 Å². The van der Waals surface area contributed by atoms with E-state index in [9.17, 15) is 0 Å². The van der Waals surface area contributed by atoms with Crippen molar-refractivity contribution in [2.24, 2.45) is 5.73 Å². The summed E-state index contributed by atoms with van der Waals surface area (Å²) in [5.74, 6) is 0. The van der Waals surface area contributed by atoms with E-state index in [-0.39, 0.29) is 6.04 Å². The Morgan fingerprint density at radius 3 is 2.71 bits per heavy atom. The van der Waals surface area contributed by atoms with Crippen LogP contribution in [0.25, 0.3) is 0 Å². The molecule has 0 saturated carbocycles. The van der Waals surface area contributed by atoms with Crippen molar-refractivity contribution in [3.63, 3.8) is 0 Å². The molecule has 78 valence electrons. The largest absolute Gasteiger partial charge is 0.328 e. The standard InChI is InChI=1S/C10H15BrN2S/c1-7(12)5-8(2)14-10-4-3-9(11)6-13-10/h3-4,6-8H,5,12H2,1-2H3. The first-order valence-electron chi connectivity index (χ1n) is 4.61. The van der Waals surface area contributed by atoms with Crippen molar-refractivity contribution in [2.75, 3.05) is 0 Å². The fourth-order valence-electron chi connectivity index (χ4n) is 1.21. The zero-order valence-corrected chi connectivity index (χ0v) is 10.8. The minimum atomic E-state index is 0.257. The van der Waals surface area contributed by atoms with Gasteiger partial charge in [-0.3, -0.25) is 0 Å². The fraction of sp³-hybridized carbons (Fsp3) is 0.500. The molecular weight excluding hydrogens is 260 g/mol. The van der Waals surface area contributed by atoms with E-state index in [0.717, 1.165) is 15.9 Å². The van der Waals surface area contributed by atoms with Gasteiger partial charge in [-0.25, -0.2) is 4.98 Å². The number of rotatable bonds is 4. The molecule has 0 aliphatic heterocycles. The highest BCUT2D eigenvalue weighted by molar-refractivity contribution is 9.10. The number of thioether (sulfide) groups is 1. The maximum Gasteiger partial charge on any atom is 0.0963 e. The van der Waals surface area contributed by atoms with Crippen molar-refractivity contribution in [3.05, 3.63) is 22.8 Å². The van der Waals surface area contributed by atoms with Crippen LogP contribution in [0, 0.1) is 0 Å². The van der Waals surface area contributed by atoms with Crippen molar-refractivity contribution in [3.8, 4) is 0 Å². The fourth-order valence-corrected chi connectivity index (χ4v) is 2.52. The van der Waals surface area contributed by atoms with E-state index < -0.39 is 0 Å². The number of nitrogens with two attached hydrogens (primary N) is 1. The molecule has 4 heteroatoms. The lowest BCUT2D eigenvalue weighted by molar-refractivity contribution is 0.662. The Hall–Kier alpha value is -0.0600. The van der Waals surface area contributed by atoms with E-state index in [4.69, 9.17) is 5.73 Å². The van der Waals surface area contributed by atoms with Gasteiger partial charge in [0.05, 0.1) is 5.03 Å². The summed E-state index contributed by atoms with van der Waals surface area (Å²) >= 11 is 5.13. The summed E-state index contributed by atoms with van der Waals surface area (Å²) < 4.78 is 1.02. The lowest BCUT2D eigenvalue weighted by Gasteiger charge is -2.12. The zero-order chi connectivity index (χ0) is 10.6. The number of hydrogen-bond donors (Lipinski definition) is 1. The van der Waals surface area contributed by atoms with Crippen LogP contribution in [0.15, 0.2) is 27.8 Å². The number of aromatic nitrogens is 1. The molecule has 0 aliphatic rings. The van der Waals surface area contributed by atoms with Gasteiger partial charge in [-0.2, -0.15) is 0 Å². The summed E-state index contributed by atoms with van der Waals surface area (Å²) in [6.07, 6.45) is 2.84. The van der Waals surface area contributed by atoms with Gasteiger partial charge in [-0.05, 0) is 41.4 Å². The summed E-state index contributed by atoms with van der Waals surface area (Å²) in [5.41, 5.74) is 5.73. The summed E-state index contributed by atoms with van der Waals surface area (Å²) in [6.45, 7) is 4.21. The van der Waals surface area contributed by atoms with Crippen LogP contribution in [-0.4, -0.2) is 16.3 Å². The molecule has 2 N–H and O–H groups in total. The van der Waals surface area contributed by atoms with E-state index in [0.29, 0.717) is 5.25 Å². The maximum atomic E-state index is 5.73.